The Balaban J connectivity index is 1.67. The van der Waals surface area contributed by atoms with Crippen LogP contribution < -0.4 is 10.1 Å². The van der Waals surface area contributed by atoms with Gasteiger partial charge in [0, 0.05) is 17.6 Å². The molecule has 1 aromatic carbocycles. The van der Waals surface area contributed by atoms with E-state index in [1.54, 1.807) is 13.3 Å². The predicted molar refractivity (Wildman–Crippen MR) is 103 cm³/mol. The number of rotatable bonds is 5. The summed E-state index contributed by atoms with van der Waals surface area (Å²) in [5, 5.41) is 15.5. The summed E-state index contributed by atoms with van der Waals surface area (Å²) in [7, 11) is 1.64. The fourth-order valence-electron chi connectivity index (χ4n) is 2.67. The van der Waals surface area contributed by atoms with Crippen LogP contribution in [0, 0.1) is 6.92 Å². The number of nitrogens with one attached hydrogen (secondary N) is 1. The number of amides is 1. The summed E-state index contributed by atoms with van der Waals surface area (Å²) in [6.07, 6.45) is 1.65. The molecule has 7 nitrogen and oxygen atoms in total. The lowest BCUT2D eigenvalue weighted by molar-refractivity contribution is -0.113. The molecule has 0 fully saturated rings. The van der Waals surface area contributed by atoms with Gasteiger partial charge in [0.15, 0.2) is 15.9 Å². The number of aryl methyl sites for hydroxylation is 1. The van der Waals surface area contributed by atoms with E-state index in [2.05, 4.69) is 26.6 Å². The molecule has 0 saturated carbocycles. The minimum absolute atomic E-state index is 0.128. The monoisotopic (exact) mass is 385 g/mol. The summed E-state index contributed by atoms with van der Waals surface area (Å²) in [5.74, 6) is 0.852. The van der Waals surface area contributed by atoms with Gasteiger partial charge in [0.2, 0.25) is 5.91 Å². The Labute approximate surface area is 157 Å². The number of methoxy groups -OCH3 is 1. The number of thioether (sulfide) groups is 1. The van der Waals surface area contributed by atoms with Crippen molar-refractivity contribution < 1.29 is 9.53 Å². The molecule has 4 aromatic rings. The first-order chi connectivity index (χ1) is 12.7. The molecule has 4 rings (SSSR count). The Kier molecular flexibility index (Phi) is 4.48. The average Bonchev–Trinajstić information content (AvgIpc) is 3.30. The van der Waals surface area contributed by atoms with Crippen LogP contribution in [0.4, 0.5) is 5.13 Å². The van der Waals surface area contributed by atoms with E-state index in [-0.39, 0.29) is 11.7 Å². The standard InChI is InChI=1S/C17H15N5O2S2/c1-10-7-11-3-4-12(24-2)8-13(11)22-15(10)20-21-17(22)26-9-14(23)19-16-18-5-6-25-16/h3-8H,9H2,1-2H3,(H,18,19,23). The van der Waals surface area contributed by atoms with Crippen LogP contribution in [0.15, 0.2) is 41.0 Å². The smallest absolute Gasteiger partial charge is 0.236 e. The van der Waals surface area contributed by atoms with Crippen LogP contribution in [0.1, 0.15) is 5.56 Å². The third-order valence-corrected chi connectivity index (χ3v) is 5.47. The van der Waals surface area contributed by atoms with Gasteiger partial charge < -0.3 is 10.1 Å². The lowest BCUT2D eigenvalue weighted by Gasteiger charge is -2.08. The van der Waals surface area contributed by atoms with E-state index in [0.717, 1.165) is 27.9 Å². The second-order valence-corrected chi connectivity index (χ2v) is 7.40. The summed E-state index contributed by atoms with van der Waals surface area (Å²) < 4.78 is 7.31. The van der Waals surface area contributed by atoms with E-state index in [4.69, 9.17) is 4.74 Å². The zero-order chi connectivity index (χ0) is 18.1. The number of hydrogen-bond donors (Lipinski definition) is 1. The highest BCUT2D eigenvalue weighted by atomic mass is 32.2. The molecule has 0 saturated heterocycles. The Hall–Kier alpha value is -2.65. The highest BCUT2D eigenvalue weighted by Gasteiger charge is 2.14. The van der Waals surface area contributed by atoms with Gasteiger partial charge in [-0.15, -0.1) is 21.5 Å². The van der Waals surface area contributed by atoms with Gasteiger partial charge in [0.25, 0.3) is 0 Å². The molecule has 1 N–H and O–H groups in total. The quantitative estimate of drug-likeness (QED) is 0.531. The second-order valence-electron chi connectivity index (χ2n) is 5.57. The minimum Gasteiger partial charge on any atom is -0.497 e. The van der Waals surface area contributed by atoms with E-state index < -0.39 is 0 Å². The number of benzene rings is 1. The third-order valence-electron chi connectivity index (χ3n) is 3.85. The molecule has 26 heavy (non-hydrogen) atoms. The number of ether oxygens (including phenoxy) is 1. The summed E-state index contributed by atoms with van der Waals surface area (Å²) in [4.78, 5) is 16.2. The maximum atomic E-state index is 12.1. The molecule has 0 spiro atoms. The first-order valence-corrected chi connectivity index (χ1v) is 9.67. The number of hydrogen-bond acceptors (Lipinski definition) is 7. The summed E-state index contributed by atoms with van der Waals surface area (Å²) in [6.45, 7) is 2.00. The molecule has 9 heteroatoms. The van der Waals surface area contributed by atoms with Crippen LogP contribution in [0.25, 0.3) is 16.6 Å². The number of anilines is 1. The summed E-state index contributed by atoms with van der Waals surface area (Å²) >= 11 is 2.72. The number of carbonyl (C=O) groups excluding carboxylic acids is 1. The molecular formula is C17H15N5O2S2. The van der Waals surface area contributed by atoms with Crippen molar-refractivity contribution in [1.29, 1.82) is 0 Å². The second kappa shape index (κ2) is 6.93. The van der Waals surface area contributed by atoms with Crippen molar-refractivity contribution in [3.05, 3.63) is 41.4 Å². The Morgan fingerprint density at radius 2 is 2.23 bits per heavy atom. The van der Waals surface area contributed by atoms with Crippen molar-refractivity contribution in [2.45, 2.75) is 12.1 Å². The summed E-state index contributed by atoms with van der Waals surface area (Å²) in [5.41, 5.74) is 2.74. The molecule has 3 heterocycles. The molecule has 0 aliphatic rings. The Morgan fingerprint density at radius 1 is 1.35 bits per heavy atom. The molecule has 0 aliphatic carbocycles. The SMILES string of the molecule is COc1ccc2cc(C)c3nnc(SCC(=O)Nc4nccs4)n3c2c1. The Bertz CT molecular complexity index is 1090. The number of thiazole rings is 1. The number of fused-ring (bicyclic) bond motifs is 3. The number of carbonyl (C=O) groups is 1. The number of nitrogens with zero attached hydrogens (tertiary/aromatic N) is 4. The normalized spacial score (nSPS) is 11.2. The fourth-order valence-corrected chi connectivity index (χ4v) is 3.96. The largest absolute Gasteiger partial charge is 0.497 e. The van der Waals surface area contributed by atoms with E-state index in [1.165, 1.54) is 23.1 Å². The maximum absolute atomic E-state index is 12.1. The van der Waals surface area contributed by atoms with Crippen LogP contribution in [-0.4, -0.2) is 38.4 Å². The van der Waals surface area contributed by atoms with Crippen LogP contribution in [0.3, 0.4) is 0 Å². The molecular weight excluding hydrogens is 370 g/mol. The van der Waals surface area contributed by atoms with E-state index in [9.17, 15) is 4.79 Å². The van der Waals surface area contributed by atoms with Crippen molar-refractivity contribution in [1.82, 2.24) is 19.6 Å². The molecule has 1 amide bonds. The zero-order valence-electron chi connectivity index (χ0n) is 14.1. The third kappa shape index (κ3) is 3.11. The molecule has 0 radical (unpaired) electrons. The van der Waals surface area contributed by atoms with Crippen LogP contribution in [0.2, 0.25) is 0 Å². The molecule has 3 aromatic heterocycles. The molecule has 0 bridgehead atoms. The highest BCUT2D eigenvalue weighted by molar-refractivity contribution is 7.99. The van der Waals surface area contributed by atoms with Crippen molar-refractivity contribution in [3.8, 4) is 5.75 Å². The van der Waals surface area contributed by atoms with Gasteiger partial charge in [-0.2, -0.15) is 0 Å². The lowest BCUT2D eigenvalue weighted by atomic mass is 10.1. The first kappa shape index (κ1) is 16.8. The van der Waals surface area contributed by atoms with Crippen LogP contribution in [-0.2, 0) is 4.79 Å². The Morgan fingerprint density at radius 3 is 3.00 bits per heavy atom. The van der Waals surface area contributed by atoms with Crippen molar-refractivity contribution in [2.24, 2.45) is 0 Å². The van der Waals surface area contributed by atoms with Gasteiger partial charge in [-0.25, -0.2) is 4.98 Å². The first-order valence-electron chi connectivity index (χ1n) is 7.80. The lowest BCUT2D eigenvalue weighted by Crippen LogP contribution is -2.14. The predicted octanol–water partition coefficient (Wildman–Crippen LogP) is 3.39. The highest BCUT2D eigenvalue weighted by Crippen LogP contribution is 2.28. The summed E-state index contributed by atoms with van der Waals surface area (Å²) in [6, 6.07) is 7.95. The van der Waals surface area contributed by atoms with Gasteiger partial charge >= 0.3 is 0 Å². The molecule has 0 unspecified atom stereocenters. The molecule has 132 valence electrons. The van der Waals surface area contributed by atoms with Crippen molar-refractivity contribution >= 4 is 50.7 Å². The number of pyridine rings is 1. The van der Waals surface area contributed by atoms with Gasteiger partial charge in [0.1, 0.15) is 5.75 Å². The van der Waals surface area contributed by atoms with Gasteiger partial charge in [-0.05, 0) is 36.1 Å². The van der Waals surface area contributed by atoms with Crippen LogP contribution >= 0.6 is 23.1 Å². The van der Waals surface area contributed by atoms with Crippen molar-refractivity contribution in [2.75, 3.05) is 18.2 Å². The average molecular weight is 385 g/mol. The number of aromatic nitrogens is 4. The molecule has 0 atom stereocenters. The van der Waals surface area contributed by atoms with E-state index >= 15 is 0 Å². The zero-order valence-corrected chi connectivity index (χ0v) is 15.7. The van der Waals surface area contributed by atoms with Crippen LogP contribution in [0.5, 0.6) is 5.75 Å². The fraction of sp³-hybridized carbons (Fsp3) is 0.176. The topological polar surface area (TPSA) is 81.4 Å². The van der Waals surface area contributed by atoms with Gasteiger partial charge in [0.05, 0.1) is 18.4 Å². The maximum Gasteiger partial charge on any atom is 0.236 e. The molecule has 0 aliphatic heterocycles. The van der Waals surface area contributed by atoms with Gasteiger partial charge in [-0.3, -0.25) is 9.20 Å². The van der Waals surface area contributed by atoms with Gasteiger partial charge in [-0.1, -0.05) is 11.8 Å². The van der Waals surface area contributed by atoms with Crippen molar-refractivity contribution in [3.63, 3.8) is 0 Å². The van der Waals surface area contributed by atoms with E-state index in [1.807, 2.05) is 34.9 Å². The minimum atomic E-state index is -0.128. The van der Waals surface area contributed by atoms with E-state index in [0.29, 0.717) is 10.3 Å².